The molecule has 2 atom stereocenters. The zero-order valence-corrected chi connectivity index (χ0v) is 13.3. The first-order valence-corrected chi connectivity index (χ1v) is 8.61. The average molecular weight is 308 g/mol. The van der Waals surface area contributed by atoms with Crippen LogP contribution in [0.4, 0.5) is 0 Å². The molecule has 0 saturated heterocycles. The molecule has 5 nitrogen and oxygen atoms in total. The van der Waals surface area contributed by atoms with Gasteiger partial charge < -0.3 is 9.67 Å². The maximum atomic E-state index is 11.5. The van der Waals surface area contributed by atoms with Gasteiger partial charge in [0.2, 0.25) is 0 Å². The third-order valence-electron chi connectivity index (χ3n) is 3.72. The van der Waals surface area contributed by atoms with Crippen LogP contribution < -0.4 is 0 Å². The molecule has 6 heteroatoms. The molecule has 0 aliphatic carbocycles. The van der Waals surface area contributed by atoms with Gasteiger partial charge >= 0.3 is 5.97 Å². The summed E-state index contributed by atoms with van der Waals surface area (Å²) in [6.07, 6.45) is 3.16. The Hall–Kier alpha value is -1.69. The van der Waals surface area contributed by atoms with Crippen LogP contribution in [-0.4, -0.2) is 36.3 Å². The highest BCUT2D eigenvalue weighted by Gasteiger charge is 2.17. The highest BCUT2D eigenvalue weighted by Crippen LogP contribution is 2.22. The monoisotopic (exact) mass is 308 g/mol. The zero-order valence-electron chi connectivity index (χ0n) is 12.5. The van der Waals surface area contributed by atoms with E-state index >= 15 is 0 Å². The maximum Gasteiger partial charge on any atom is 0.337 e. The van der Waals surface area contributed by atoms with E-state index in [0.717, 1.165) is 18.7 Å². The third-order valence-corrected chi connectivity index (χ3v) is 5.09. The molecule has 21 heavy (non-hydrogen) atoms. The molecule has 2 rings (SSSR count). The largest absolute Gasteiger partial charge is 0.478 e. The Bertz CT molecular complexity index is 694. The number of hydrogen-bond donors (Lipinski definition) is 1. The topological polar surface area (TPSA) is 72.2 Å². The summed E-state index contributed by atoms with van der Waals surface area (Å²) in [6.45, 7) is 4.57. The summed E-state index contributed by atoms with van der Waals surface area (Å²) in [4.78, 5) is 15.9. The Kier molecular flexibility index (Phi) is 4.77. The minimum atomic E-state index is -0.948. The van der Waals surface area contributed by atoms with Gasteiger partial charge in [0.25, 0.3) is 0 Å². The number of carboxylic acid groups (broad SMARTS) is 1. The number of aromatic nitrogens is 2. The van der Waals surface area contributed by atoms with E-state index in [1.807, 2.05) is 24.5 Å². The number of benzene rings is 1. The van der Waals surface area contributed by atoms with E-state index in [4.69, 9.17) is 0 Å². The molecule has 114 valence electrons. The second-order valence-corrected chi connectivity index (χ2v) is 6.91. The number of carbonyl (C=O) groups is 1. The van der Waals surface area contributed by atoms with Gasteiger partial charge in [0.15, 0.2) is 0 Å². The van der Waals surface area contributed by atoms with Gasteiger partial charge in [-0.2, -0.15) is 0 Å². The van der Waals surface area contributed by atoms with Crippen molar-refractivity contribution in [1.29, 1.82) is 0 Å². The van der Waals surface area contributed by atoms with E-state index in [0.29, 0.717) is 17.6 Å². The molecular weight excluding hydrogens is 288 g/mol. The minimum Gasteiger partial charge on any atom is -0.478 e. The fraction of sp³-hybridized carbons (Fsp3) is 0.467. The fourth-order valence-corrected chi connectivity index (χ4v) is 2.83. The Labute approximate surface area is 126 Å². The second kappa shape index (κ2) is 6.39. The lowest BCUT2D eigenvalue weighted by Gasteiger charge is -2.12. The summed E-state index contributed by atoms with van der Waals surface area (Å²) in [5.41, 5.74) is 1.64. The number of aryl methyl sites for hydroxylation is 2. The van der Waals surface area contributed by atoms with Gasteiger partial charge in [0, 0.05) is 35.3 Å². The average Bonchev–Trinajstić information content (AvgIpc) is 2.81. The molecule has 1 heterocycles. The summed E-state index contributed by atoms with van der Waals surface area (Å²) in [6, 6.07) is 5.15. The lowest BCUT2D eigenvalue weighted by Crippen LogP contribution is -2.15. The van der Waals surface area contributed by atoms with Crippen LogP contribution in [0.1, 0.15) is 36.5 Å². The molecule has 0 aliphatic heterocycles. The Morgan fingerprint density at radius 2 is 2.19 bits per heavy atom. The van der Waals surface area contributed by atoms with Crippen molar-refractivity contribution in [2.24, 2.45) is 0 Å². The number of imidazole rings is 1. The van der Waals surface area contributed by atoms with Crippen molar-refractivity contribution in [3.63, 3.8) is 0 Å². The Morgan fingerprint density at radius 1 is 1.48 bits per heavy atom. The molecule has 0 spiro atoms. The van der Waals surface area contributed by atoms with Crippen LogP contribution in [0.15, 0.2) is 18.2 Å². The van der Waals surface area contributed by atoms with Gasteiger partial charge in [-0.15, -0.1) is 0 Å². The zero-order chi connectivity index (χ0) is 15.6. The number of rotatable bonds is 6. The molecule has 1 aromatic heterocycles. The highest BCUT2D eigenvalue weighted by molar-refractivity contribution is 7.84. The first-order valence-electron chi connectivity index (χ1n) is 6.99. The Morgan fingerprint density at radius 3 is 2.76 bits per heavy atom. The van der Waals surface area contributed by atoms with Crippen LogP contribution in [0.3, 0.4) is 0 Å². The van der Waals surface area contributed by atoms with Crippen LogP contribution in [-0.2, 0) is 23.8 Å². The van der Waals surface area contributed by atoms with Crippen molar-refractivity contribution in [3.05, 3.63) is 29.6 Å². The molecule has 2 unspecified atom stereocenters. The van der Waals surface area contributed by atoms with Gasteiger partial charge in [0.1, 0.15) is 5.82 Å². The number of carboxylic acids is 1. The summed E-state index contributed by atoms with van der Waals surface area (Å²) >= 11 is 0. The molecule has 0 bridgehead atoms. The van der Waals surface area contributed by atoms with Gasteiger partial charge in [-0.05, 0) is 18.6 Å². The van der Waals surface area contributed by atoms with Crippen molar-refractivity contribution in [2.75, 3.05) is 6.26 Å². The smallest absolute Gasteiger partial charge is 0.337 e. The van der Waals surface area contributed by atoms with E-state index in [2.05, 4.69) is 4.98 Å². The van der Waals surface area contributed by atoms with Crippen molar-refractivity contribution in [1.82, 2.24) is 9.55 Å². The van der Waals surface area contributed by atoms with Crippen molar-refractivity contribution >= 4 is 27.8 Å². The summed E-state index contributed by atoms with van der Waals surface area (Å²) in [5.74, 6) is -0.0793. The standard InChI is InChI=1S/C15H20N2O3S/c1-4-13-16-12-7-5-6-11(15(18)19)14(12)17(13)9-8-10(2)21(3)20/h5-7,10H,4,8-9H2,1-3H3,(H,18,19). The van der Waals surface area contributed by atoms with Gasteiger partial charge in [-0.3, -0.25) is 4.21 Å². The number of aromatic carboxylic acids is 1. The molecule has 0 radical (unpaired) electrons. The normalized spacial score (nSPS) is 14.2. The van der Waals surface area contributed by atoms with Crippen molar-refractivity contribution in [2.45, 2.75) is 38.5 Å². The predicted octanol–water partition coefficient (Wildman–Crippen LogP) is 2.45. The number of nitrogens with zero attached hydrogens (tertiary/aromatic N) is 2. The maximum absolute atomic E-state index is 11.5. The SMILES string of the molecule is CCc1nc2cccc(C(=O)O)c2n1CCC(C)S(C)=O. The molecule has 1 N–H and O–H groups in total. The summed E-state index contributed by atoms with van der Waals surface area (Å²) in [7, 11) is -0.878. The van der Waals surface area contributed by atoms with E-state index in [1.54, 1.807) is 18.4 Å². The molecule has 0 saturated carbocycles. The molecule has 2 aromatic rings. The third kappa shape index (κ3) is 3.15. The number of hydrogen-bond acceptors (Lipinski definition) is 3. The number of fused-ring (bicyclic) bond motifs is 1. The van der Waals surface area contributed by atoms with Crippen LogP contribution in [0, 0.1) is 0 Å². The van der Waals surface area contributed by atoms with Crippen molar-refractivity contribution < 1.29 is 14.1 Å². The Balaban J connectivity index is 2.49. The molecular formula is C15H20N2O3S. The van der Waals surface area contributed by atoms with Crippen molar-refractivity contribution in [3.8, 4) is 0 Å². The van der Waals surface area contributed by atoms with Crippen LogP contribution in [0.25, 0.3) is 11.0 Å². The van der Waals surface area contributed by atoms with Crippen LogP contribution >= 0.6 is 0 Å². The van der Waals surface area contributed by atoms with E-state index in [9.17, 15) is 14.1 Å². The molecule has 0 aliphatic rings. The van der Waals surface area contributed by atoms with E-state index in [1.165, 1.54) is 0 Å². The highest BCUT2D eigenvalue weighted by atomic mass is 32.2. The lowest BCUT2D eigenvalue weighted by molar-refractivity contribution is 0.0698. The van der Waals surface area contributed by atoms with Gasteiger partial charge in [-0.1, -0.05) is 19.9 Å². The number of para-hydroxylation sites is 1. The van der Waals surface area contributed by atoms with Gasteiger partial charge in [-0.25, -0.2) is 9.78 Å². The summed E-state index contributed by atoms with van der Waals surface area (Å²) < 4.78 is 13.4. The second-order valence-electron chi connectivity index (χ2n) is 5.11. The lowest BCUT2D eigenvalue weighted by atomic mass is 10.2. The van der Waals surface area contributed by atoms with Crippen LogP contribution in [0.2, 0.25) is 0 Å². The predicted molar refractivity (Wildman–Crippen MR) is 84.2 cm³/mol. The molecule has 1 aromatic carbocycles. The summed E-state index contributed by atoms with van der Waals surface area (Å²) in [5, 5.41) is 9.44. The molecule has 0 amide bonds. The van der Waals surface area contributed by atoms with E-state index < -0.39 is 16.8 Å². The minimum absolute atomic E-state index is 0.0733. The van der Waals surface area contributed by atoms with Crippen LogP contribution in [0.5, 0.6) is 0 Å². The quantitative estimate of drug-likeness (QED) is 0.889. The first kappa shape index (κ1) is 15.7. The van der Waals surface area contributed by atoms with Gasteiger partial charge in [0.05, 0.1) is 16.6 Å². The molecule has 0 fully saturated rings. The first-order chi connectivity index (χ1) is 9.95. The fourth-order valence-electron chi connectivity index (χ4n) is 2.39. The van der Waals surface area contributed by atoms with E-state index in [-0.39, 0.29) is 10.8 Å².